The summed E-state index contributed by atoms with van der Waals surface area (Å²) in [5.41, 5.74) is 3.18. The number of carbonyl (C=O) groups excluding carboxylic acids is 2. The number of anilines is 1. The maximum Gasteiger partial charge on any atom is 0.360 e. The van der Waals surface area contributed by atoms with Crippen LogP contribution in [0.15, 0.2) is 6.20 Å². The van der Waals surface area contributed by atoms with Crippen molar-refractivity contribution in [2.24, 2.45) is 7.05 Å². The zero-order valence-electron chi connectivity index (χ0n) is 14.7. The second-order valence-corrected chi connectivity index (χ2v) is 5.57. The highest BCUT2D eigenvalue weighted by molar-refractivity contribution is 6.00. The summed E-state index contributed by atoms with van der Waals surface area (Å²) >= 11 is 0. The highest BCUT2D eigenvalue weighted by atomic mass is 16.5. The highest BCUT2D eigenvalue weighted by Crippen LogP contribution is 2.21. The zero-order chi connectivity index (χ0) is 17.9. The van der Waals surface area contributed by atoms with Crippen LogP contribution < -0.4 is 5.32 Å². The van der Waals surface area contributed by atoms with E-state index < -0.39 is 5.97 Å². The van der Waals surface area contributed by atoms with E-state index in [1.165, 1.54) is 11.8 Å². The lowest BCUT2D eigenvalue weighted by molar-refractivity contribution is -0.116. The van der Waals surface area contributed by atoms with Gasteiger partial charge in [-0.15, -0.1) is 0 Å². The number of nitrogens with one attached hydrogen (secondary N) is 1. The number of aromatic nitrogens is 4. The quantitative estimate of drug-likeness (QED) is 0.811. The third-order valence-corrected chi connectivity index (χ3v) is 3.97. The molecule has 0 aliphatic heterocycles. The number of esters is 1. The van der Waals surface area contributed by atoms with Crippen LogP contribution in [0.4, 0.5) is 5.69 Å². The summed E-state index contributed by atoms with van der Waals surface area (Å²) in [4.78, 5) is 24.1. The van der Waals surface area contributed by atoms with Gasteiger partial charge in [-0.1, -0.05) is 0 Å². The van der Waals surface area contributed by atoms with Crippen molar-refractivity contribution in [2.75, 3.05) is 12.4 Å². The van der Waals surface area contributed by atoms with Crippen LogP contribution in [0.3, 0.4) is 0 Å². The van der Waals surface area contributed by atoms with E-state index in [0.29, 0.717) is 24.2 Å². The minimum Gasteiger partial charge on any atom is -0.464 e. The topological polar surface area (TPSA) is 91.0 Å². The number of aryl methyl sites for hydroxylation is 4. The van der Waals surface area contributed by atoms with E-state index in [9.17, 15) is 9.59 Å². The van der Waals surface area contributed by atoms with Crippen molar-refractivity contribution in [3.8, 4) is 0 Å². The van der Waals surface area contributed by atoms with Gasteiger partial charge in [0.05, 0.1) is 24.2 Å². The van der Waals surface area contributed by atoms with E-state index in [4.69, 9.17) is 4.74 Å². The number of carbonyl (C=O) groups is 2. The van der Waals surface area contributed by atoms with Crippen molar-refractivity contribution in [1.29, 1.82) is 0 Å². The number of rotatable bonds is 6. The molecule has 0 saturated carbocycles. The molecule has 0 unspecified atom stereocenters. The number of ether oxygens (including phenoxy) is 1. The molecular weight excluding hydrogens is 310 g/mol. The van der Waals surface area contributed by atoms with Gasteiger partial charge in [0.15, 0.2) is 5.69 Å². The molecule has 130 valence electrons. The summed E-state index contributed by atoms with van der Waals surface area (Å²) in [6.45, 7) is 6.53. The molecule has 0 bridgehead atoms. The fourth-order valence-corrected chi connectivity index (χ4v) is 2.41. The molecule has 2 rings (SSSR count). The van der Waals surface area contributed by atoms with E-state index in [1.807, 2.05) is 24.7 Å². The average Bonchev–Trinajstić information content (AvgIpc) is 3.06. The molecule has 0 aliphatic carbocycles. The summed E-state index contributed by atoms with van der Waals surface area (Å²) < 4.78 is 8.10. The highest BCUT2D eigenvalue weighted by Gasteiger charge is 2.22. The van der Waals surface area contributed by atoms with Crippen molar-refractivity contribution >= 4 is 17.6 Å². The number of methoxy groups -OCH3 is 1. The smallest absolute Gasteiger partial charge is 0.360 e. The maximum absolute atomic E-state index is 12.3. The van der Waals surface area contributed by atoms with E-state index in [2.05, 4.69) is 15.5 Å². The Kier molecular flexibility index (Phi) is 5.38. The Balaban J connectivity index is 2.07. The maximum atomic E-state index is 12.3. The van der Waals surface area contributed by atoms with Crippen LogP contribution in [0.2, 0.25) is 0 Å². The Morgan fingerprint density at radius 2 is 2.00 bits per heavy atom. The predicted octanol–water partition coefficient (Wildman–Crippen LogP) is 1.61. The molecule has 2 heterocycles. The van der Waals surface area contributed by atoms with E-state index in [0.717, 1.165) is 17.8 Å². The second kappa shape index (κ2) is 7.29. The standard InChI is InChI=1S/C16H23N5O3/c1-6-21-9-12(10(2)18-21)7-8-13(22)17-14-11(3)20(4)19-15(14)16(23)24-5/h9H,6-8H2,1-5H3,(H,17,22). The third-order valence-electron chi connectivity index (χ3n) is 3.97. The molecule has 1 N–H and O–H groups in total. The van der Waals surface area contributed by atoms with Gasteiger partial charge in [0.2, 0.25) is 5.91 Å². The van der Waals surface area contributed by atoms with Crippen LogP contribution in [-0.4, -0.2) is 38.5 Å². The molecule has 2 aromatic rings. The molecule has 24 heavy (non-hydrogen) atoms. The molecule has 8 nitrogen and oxygen atoms in total. The lowest BCUT2D eigenvalue weighted by Gasteiger charge is -2.06. The molecule has 1 amide bonds. The molecule has 0 atom stereocenters. The molecule has 0 saturated heterocycles. The van der Waals surface area contributed by atoms with E-state index in [1.54, 1.807) is 14.0 Å². The lowest BCUT2D eigenvalue weighted by atomic mass is 10.1. The first-order valence-corrected chi connectivity index (χ1v) is 7.82. The third kappa shape index (κ3) is 3.64. The van der Waals surface area contributed by atoms with E-state index in [-0.39, 0.29) is 11.6 Å². The Bertz CT molecular complexity index is 760. The van der Waals surface area contributed by atoms with Crippen molar-refractivity contribution in [2.45, 2.75) is 40.2 Å². The molecule has 0 radical (unpaired) electrons. The summed E-state index contributed by atoms with van der Waals surface area (Å²) in [5.74, 6) is -0.756. The first kappa shape index (κ1) is 17.7. The fraction of sp³-hybridized carbons (Fsp3) is 0.500. The SMILES string of the molecule is CCn1cc(CCC(=O)Nc2c(C(=O)OC)nn(C)c2C)c(C)n1. The number of nitrogens with zero attached hydrogens (tertiary/aromatic N) is 4. The van der Waals surface area contributed by atoms with Gasteiger partial charge in [-0.2, -0.15) is 10.2 Å². The number of hydrogen-bond donors (Lipinski definition) is 1. The second-order valence-electron chi connectivity index (χ2n) is 5.57. The van der Waals surface area contributed by atoms with Crippen molar-refractivity contribution in [3.63, 3.8) is 0 Å². The van der Waals surface area contributed by atoms with Crippen LogP contribution in [0.1, 0.15) is 40.8 Å². The Morgan fingerprint density at radius 1 is 1.29 bits per heavy atom. The summed E-state index contributed by atoms with van der Waals surface area (Å²) in [6, 6.07) is 0. The molecule has 0 fully saturated rings. The Hall–Kier alpha value is -2.64. The van der Waals surface area contributed by atoms with Crippen LogP contribution >= 0.6 is 0 Å². The summed E-state index contributed by atoms with van der Waals surface area (Å²) in [6.07, 6.45) is 2.84. The molecule has 0 spiro atoms. The molecular formula is C16H23N5O3. The summed E-state index contributed by atoms with van der Waals surface area (Å²) in [5, 5.41) is 11.2. The zero-order valence-corrected chi connectivity index (χ0v) is 14.7. The number of hydrogen-bond acceptors (Lipinski definition) is 5. The first-order valence-electron chi connectivity index (χ1n) is 7.82. The van der Waals surface area contributed by atoms with Crippen molar-refractivity contribution in [3.05, 3.63) is 28.8 Å². The lowest BCUT2D eigenvalue weighted by Crippen LogP contribution is -2.15. The Labute approximate surface area is 140 Å². The fourth-order valence-electron chi connectivity index (χ4n) is 2.41. The van der Waals surface area contributed by atoms with Gasteiger partial charge in [0.25, 0.3) is 0 Å². The first-order chi connectivity index (χ1) is 11.4. The molecule has 0 aromatic carbocycles. The van der Waals surface area contributed by atoms with Gasteiger partial charge in [0.1, 0.15) is 0 Å². The van der Waals surface area contributed by atoms with Gasteiger partial charge >= 0.3 is 5.97 Å². The van der Waals surface area contributed by atoms with Crippen molar-refractivity contribution in [1.82, 2.24) is 19.6 Å². The molecule has 2 aromatic heterocycles. The van der Waals surface area contributed by atoms with Gasteiger partial charge in [-0.05, 0) is 32.8 Å². The minimum absolute atomic E-state index is 0.112. The largest absolute Gasteiger partial charge is 0.464 e. The predicted molar refractivity (Wildman–Crippen MR) is 88.9 cm³/mol. The van der Waals surface area contributed by atoms with Gasteiger partial charge in [-0.3, -0.25) is 14.2 Å². The molecule has 0 aliphatic rings. The summed E-state index contributed by atoms with van der Waals surface area (Å²) in [7, 11) is 2.99. The van der Waals surface area contributed by atoms with Crippen LogP contribution in [0, 0.1) is 13.8 Å². The number of amides is 1. The van der Waals surface area contributed by atoms with Gasteiger partial charge < -0.3 is 10.1 Å². The van der Waals surface area contributed by atoms with E-state index >= 15 is 0 Å². The van der Waals surface area contributed by atoms with Gasteiger partial charge in [-0.25, -0.2) is 4.79 Å². The monoisotopic (exact) mass is 333 g/mol. The van der Waals surface area contributed by atoms with Crippen LogP contribution in [0.5, 0.6) is 0 Å². The Morgan fingerprint density at radius 3 is 2.58 bits per heavy atom. The average molecular weight is 333 g/mol. The normalized spacial score (nSPS) is 10.7. The molecule has 8 heteroatoms. The van der Waals surface area contributed by atoms with Crippen LogP contribution in [0.25, 0.3) is 0 Å². The minimum atomic E-state index is -0.575. The van der Waals surface area contributed by atoms with Gasteiger partial charge in [0, 0.05) is 26.2 Å². The van der Waals surface area contributed by atoms with Crippen LogP contribution in [-0.2, 0) is 29.5 Å². The van der Waals surface area contributed by atoms with Crippen molar-refractivity contribution < 1.29 is 14.3 Å².